The number of hydrogen-bond acceptors (Lipinski definition) is 3. The Kier molecular flexibility index (Phi) is 5.91. The minimum Gasteiger partial charge on any atom is -0.494 e. The van der Waals surface area contributed by atoms with E-state index in [9.17, 15) is 22.8 Å². The molecule has 168 valence electrons. The number of H-pyrrole nitrogens is 1. The zero-order valence-electron chi connectivity index (χ0n) is 17.8. The summed E-state index contributed by atoms with van der Waals surface area (Å²) in [7, 11) is 0. The third kappa shape index (κ3) is 4.32. The summed E-state index contributed by atoms with van der Waals surface area (Å²) in [5.41, 5.74) is -0.336. The van der Waals surface area contributed by atoms with Crippen LogP contribution in [0.15, 0.2) is 59.4 Å². The number of nitrogens with one attached hydrogen (secondary N) is 2. The number of fused-ring (bicyclic) bond motifs is 1. The fourth-order valence-electron chi connectivity index (χ4n) is 3.55. The van der Waals surface area contributed by atoms with Gasteiger partial charge in [0.15, 0.2) is 5.43 Å². The van der Waals surface area contributed by atoms with Gasteiger partial charge in [-0.15, -0.1) is 0 Å². The lowest BCUT2D eigenvalue weighted by molar-refractivity contribution is 0.102. The molecule has 3 aromatic carbocycles. The predicted molar refractivity (Wildman–Crippen MR) is 120 cm³/mol. The fourth-order valence-corrected chi connectivity index (χ4v) is 3.55. The number of anilines is 1. The first-order valence-corrected chi connectivity index (χ1v) is 10.1. The summed E-state index contributed by atoms with van der Waals surface area (Å²) in [6, 6.07) is 12.1. The number of carbonyl (C=O) groups is 1. The van der Waals surface area contributed by atoms with Gasteiger partial charge in [0.1, 0.15) is 34.6 Å². The molecule has 0 unspecified atom stereocenters. The Labute approximate surface area is 186 Å². The number of hydrogen-bond donors (Lipinski definition) is 2. The van der Waals surface area contributed by atoms with E-state index in [1.165, 1.54) is 25.1 Å². The average Bonchev–Trinajstić information content (AvgIpc) is 2.79. The van der Waals surface area contributed by atoms with Gasteiger partial charge in [-0.05, 0) is 67.4 Å². The van der Waals surface area contributed by atoms with Crippen molar-refractivity contribution in [3.8, 4) is 16.9 Å². The molecule has 0 saturated heterocycles. The summed E-state index contributed by atoms with van der Waals surface area (Å²) in [4.78, 5) is 28.5. The van der Waals surface area contributed by atoms with E-state index in [0.29, 0.717) is 23.3 Å². The first-order chi connectivity index (χ1) is 15.8. The second kappa shape index (κ2) is 8.82. The van der Waals surface area contributed by atoms with Crippen molar-refractivity contribution in [2.75, 3.05) is 11.9 Å². The molecule has 1 heterocycles. The number of aromatic nitrogens is 1. The minimum atomic E-state index is -1.04. The summed E-state index contributed by atoms with van der Waals surface area (Å²) in [5.74, 6) is -2.99. The molecule has 4 rings (SSSR count). The highest BCUT2D eigenvalue weighted by Crippen LogP contribution is 2.28. The smallest absolute Gasteiger partial charge is 0.272 e. The average molecular weight is 452 g/mol. The van der Waals surface area contributed by atoms with Crippen LogP contribution in [0.3, 0.4) is 0 Å². The minimum absolute atomic E-state index is 0.0887. The van der Waals surface area contributed by atoms with Crippen LogP contribution < -0.4 is 15.5 Å². The van der Waals surface area contributed by atoms with Crippen LogP contribution in [0, 0.1) is 24.4 Å². The van der Waals surface area contributed by atoms with Crippen LogP contribution in [-0.2, 0) is 0 Å². The van der Waals surface area contributed by atoms with Crippen molar-refractivity contribution >= 4 is 22.5 Å². The molecular weight excluding hydrogens is 433 g/mol. The Balaban J connectivity index is 1.69. The molecule has 1 amide bonds. The maximum Gasteiger partial charge on any atom is 0.272 e. The number of aromatic amines is 1. The summed E-state index contributed by atoms with van der Waals surface area (Å²) in [6.45, 7) is 3.69. The van der Waals surface area contributed by atoms with E-state index in [1.54, 1.807) is 18.2 Å². The van der Waals surface area contributed by atoms with Gasteiger partial charge in [-0.25, -0.2) is 13.2 Å². The highest BCUT2D eigenvalue weighted by molar-refractivity contribution is 6.05. The Bertz CT molecular complexity index is 1420. The van der Waals surface area contributed by atoms with Crippen LogP contribution in [0.5, 0.6) is 5.75 Å². The number of ether oxygens (including phenoxy) is 1. The van der Waals surface area contributed by atoms with Gasteiger partial charge in [-0.3, -0.25) is 9.59 Å². The van der Waals surface area contributed by atoms with E-state index in [4.69, 9.17) is 4.74 Å². The van der Waals surface area contributed by atoms with Gasteiger partial charge < -0.3 is 15.0 Å². The lowest BCUT2D eigenvalue weighted by atomic mass is 10.0. The van der Waals surface area contributed by atoms with Crippen LogP contribution in [0.2, 0.25) is 0 Å². The molecule has 0 aliphatic carbocycles. The van der Waals surface area contributed by atoms with Gasteiger partial charge in [0.25, 0.3) is 5.91 Å². The molecule has 0 radical (unpaired) electrons. The second-order valence-electron chi connectivity index (χ2n) is 7.37. The van der Waals surface area contributed by atoms with Crippen molar-refractivity contribution in [3.05, 3.63) is 93.5 Å². The lowest BCUT2D eigenvalue weighted by Gasteiger charge is -2.12. The summed E-state index contributed by atoms with van der Waals surface area (Å²) < 4.78 is 48.2. The van der Waals surface area contributed by atoms with Crippen LogP contribution in [-0.4, -0.2) is 17.5 Å². The van der Waals surface area contributed by atoms with Gasteiger partial charge >= 0.3 is 0 Å². The molecule has 5 nitrogen and oxygen atoms in total. The van der Waals surface area contributed by atoms with Crippen molar-refractivity contribution < 1.29 is 22.7 Å². The van der Waals surface area contributed by atoms with Gasteiger partial charge in [0.2, 0.25) is 0 Å². The SMILES string of the molecule is CCOc1ccc2[nH]c(C(=O)Nc3c(F)cc(-c4cccc(F)c4)cc3F)c(C)c(=O)c2c1. The highest BCUT2D eigenvalue weighted by Gasteiger charge is 2.20. The zero-order chi connectivity index (χ0) is 23.7. The summed E-state index contributed by atoms with van der Waals surface area (Å²) in [6.07, 6.45) is 0. The van der Waals surface area contributed by atoms with E-state index in [1.807, 2.05) is 6.92 Å². The number of benzene rings is 3. The van der Waals surface area contributed by atoms with Crippen LogP contribution in [0.4, 0.5) is 18.9 Å². The molecule has 0 atom stereocenters. The van der Waals surface area contributed by atoms with Crippen molar-refractivity contribution in [2.45, 2.75) is 13.8 Å². The highest BCUT2D eigenvalue weighted by atomic mass is 19.1. The van der Waals surface area contributed by atoms with Crippen LogP contribution in [0.25, 0.3) is 22.0 Å². The molecule has 0 saturated carbocycles. The molecule has 0 fully saturated rings. The van der Waals surface area contributed by atoms with Crippen molar-refractivity contribution in [2.24, 2.45) is 0 Å². The molecule has 1 aromatic heterocycles. The monoisotopic (exact) mass is 452 g/mol. The van der Waals surface area contributed by atoms with E-state index in [2.05, 4.69) is 10.3 Å². The van der Waals surface area contributed by atoms with Gasteiger partial charge in [0, 0.05) is 10.9 Å². The Hall–Kier alpha value is -4.07. The van der Waals surface area contributed by atoms with Gasteiger partial charge in [0.05, 0.1) is 12.1 Å². The van der Waals surface area contributed by atoms with Crippen LogP contribution in [0.1, 0.15) is 23.0 Å². The first kappa shape index (κ1) is 22.1. The van der Waals surface area contributed by atoms with Crippen molar-refractivity contribution in [1.29, 1.82) is 0 Å². The molecule has 0 spiro atoms. The van der Waals surface area contributed by atoms with Crippen molar-refractivity contribution in [1.82, 2.24) is 4.98 Å². The Morgan fingerprint density at radius 1 is 1.00 bits per heavy atom. The maximum absolute atomic E-state index is 14.7. The molecule has 4 aromatic rings. The Morgan fingerprint density at radius 3 is 2.39 bits per heavy atom. The van der Waals surface area contributed by atoms with E-state index >= 15 is 0 Å². The molecule has 33 heavy (non-hydrogen) atoms. The first-order valence-electron chi connectivity index (χ1n) is 10.1. The number of rotatable bonds is 5. The third-order valence-corrected chi connectivity index (χ3v) is 5.19. The third-order valence-electron chi connectivity index (χ3n) is 5.19. The fraction of sp³-hybridized carbons (Fsp3) is 0.120. The maximum atomic E-state index is 14.7. The number of carbonyl (C=O) groups excluding carboxylic acids is 1. The molecule has 8 heteroatoms. The topological polar surface area (TPSA) is 71.2 Å². The number of amides is 1. The Morgan fingerprint density at radius 2 is 1.73 bits per heavy atom. The number of pyridine rings is 1. The normalized spacial score (nSPS) is 10.9. The van der Waals surface area contributed by atoms with E-state index in [-0.39, 0.29) is 22.4 Å². The molecule has 0 aliphatic heterocycles. The van der Waals surface area contributed by atoms with Crippen LogP contribution >= 0.6 is 0 Å². The van der Waals surface area contributed by atoms with Crippen molar-refractivity contribution in [3.63, 3.8) is 0 Å². The van der Waals surface area contributed by atoms with E-state index < -0.39 is 34.5 Å². The quantitative estimate of drug-likeness (QED) is 0.416. The largest absolute Gasteiger partial charge is 0.494 e. The lowest BCUT2D eigenvalue weighted by Crippen LogP contribution is -2.22. The zero-order valence-corrected chi connectivity index (χ0v) is 17.8. The summed E-state index contributed by atoms with van der Waals surface area (Å²) in [5, 5.41) is 2.52. The molecule has 0 aliphatic rings. The second-order valence-corrected chi connectivity index (χ2v) is 7.37. The summed E-state index contributed by atoms with van der Waals surface area (Å²) >= 11 is 0. The standard InChI is InChI=1S/C25H19F3N2O3/c1-3-33-17-7-8-21-18(12-17)24(31)13(2)22(29-21)25(32)30-23-19(27)10-15(11-20(23)28)14-5-4-6-16(26)9-14/h4-12H,3H2,1-2H3,(H,29,31)(H,30,32). The van der Waals surface area contributed by atoms with Gasteiger partial charge in [-0.2, -0.15) is 0 Å². The molecule has 0 bridgehead atoms. The number of halogens is 3. The molecular formula is C25H19F3N2O3. The molecule has 2 N–H and O–H groups in total. The van der Waals surface area contributed by atoms with Gasteiger partial charge in [-0.1, -0.05) is 12.1 Å². The van der Waals surface area contributed by atoms with E-state index in [0.717, 1.165) is 18.2 Å². The predicted octanol–water partition coefficient (Wildman–Crippen LogP) is 5.57.